The van der Waals surface area contributed by atoms with E-state index in [4.69, 9.17) is 4.98 Å². The zero-order valence-corrected chi connectivity index (χ0v) is 25.5. The van der Waals surface area contributed by atoms with Crippen LogP contribution in [0.3, 0.4) is 0 Å². The van der Waals surface area contributed by atoms with Crippen molar-refractivity contribution in [1.82, 2.24) is 24.8 Å². The van der Waals surface area contributed by atoms with Gasteiger partial charge in [0.15, 0.2) is 5.78 Å². The Morgan fingerprint density at radius 2 is 1.84 bits per heavy atom. The molecule has 2 N–H and O–H groups in total. The number of carbonyl (C=O) groups is 1. The van der Waals surface area contributed by atoms with Crippen molar-refractivity contribution in [2.45, 2.75) is 33.2 Å². The number of nitrogens with zero attached hydrogens (tertiary/aromatic N) is 5. The van der Waals surface area contributed by atoms with E-state index >= 15 is 4.39 Å². The molecule has 1 fully saturated rings. The Kier molecular flexibility index (Phi) is 7.01. The predicted octanol–water partition coefficient (Wildman–Crippen LogP) is 5.52. The number of carbonyl (C=O) groups excluding carboxylic acids is 1. The van der Waals surface area contributed by atoms with Crippen molar-refractivity contribution in [3.8, 4) is 11.3 Å². The molecular weight excluding hydrogens is 577 g/mol. The molecule has 7 rings (SSSR count). The second kappa shape index (κ2) is 10.9. The van der Waals surface area contributed by atoms with Crippen LogP contribution in [0.2, 0.25) is 0 Å². The number of thiazole rings is 1. The van der Waals surface area contributed by atoms with Crippen molar-refractivity contribution in [3.05, 3.63) is 92.4 Å². The lowest BCUT2D eigenvalue weighted by Crippen LogP contribution is -2.44. The van der Waals surface area contributed by atoms with Crippen LogP contribution in [-0.4, -0.2) is 51.5 Å². The zero-order valence-electron chi connectivity index (χ0n) is 24.7. The first-order valence-corrected chi connectivity index (χ1v) is 15.6. The highest BCUT2D eigenvalue weighted by Crippen LogP contribution is 2.43. The number of pyridine rings is 1. The number of aryl methyl sites for hydroxylation is 1. The number of hydrogen-bond donors (Lipinski definition) is 2. The quantitative estimate of drug-likeness (QED) is 0.268. The van der Waals surface area contributed by atoms with E-state index in [1.165, 1.54) is 17.4 Å². The van der Waals surface area contributed by atoms with Gasteiger partial charge in [-0.25, -0.2) is 14.4 Å². The third-order valence-corrected chi connectivity index (χ3v) is 9.60. The average Bonchev–Trinajstić information content (AvgIpc) is 3.45. The molecule has 3 aromatic heterocycles. The van der Waals surface area contributed by atoms with E-state index in [2.05, 4.69) is 20.6 Å². The highest BCUT2D eigenvalue weighted by Gasteiger charge is 2.44. The molecule has 1 aliphatic carbocycles. The fourth-order valence-electron chi connectivity index (χ4n) is 6.37. The molecule has 2 aromatic carbocycles. The molecule has 0 amide bonds. The Labute approximate surface area is 257 Å². The second-order valence-electron chi connectivity index (χ2n) is 11.9. The van der Waals surface area contributed by atoms with Gasteiger partial charge in [-0.15, -0.1) is 11.3 Å². The monoisotopic (exact) mass is 609 g/mol. The number of aromatic nitrogens is 4. The minimum absolute atomic E-state index is 0.0212. The molecule has 0 radical (unpaired) electrons. The summed E-state index contributed by atoms with van der Waals surface area (Å²) in [4.78, 5) is 45.0. The molecule has 2 aliphatic rings. The number of rotatable bonds is 5. The largest absolute Gasteiger partial charge is 0.367 e. The van der Waals surface area contributed by atoms with Gasteiger partial charge >= 0.3 is 0 Å². The maximum absolute atomic E-state index is 15.2. The van der Waals surface area contributed by atoms with Crippen molar-refractivity contribution in [3.63, 3.8) is 0 Å². The molecule has 4 heterocycles. The second-order valence-corrected chi connectivity index (χ2v) is 13.0. The van der Waals surface area contributed by atoms with Crippen LogP contribution in [0.15, 0.2) is 65.0 Å². The van der Waals surface area contributed by atoms with E-state index < -0.39 is 11.5 Å². The van der Waals surface area contributed by atoms with Crippen molar-refractivity contribution >= 4 is 45.5 Å². The number of nitrogens with one attached hydrogen (secondary N) is 2. The van der Waals surface area contributed by atoms with Gasteiger partial charge in [-0.3, -0.25) is 14.2 Å². The maximum atomic E-state index is 15.2. The van der Waals surface area contributed by atoms with Crippen LogP contribution in [0.5, 0.6) is 0 Å². The van der Waals surface area contributed by atoms with E-state index in [1.54, 1.807) is 34.5 Å². The standard InChI is InChI=1S/C33H32FN7O2S/c1-19-28(37-18-44-19)24-14-21-17-36-32(38-22-8-9-26(25(34)16-22)40-12-10-35-11-13-40)39-30(21)41(31(24)43)27-15-20-6-4-5-7-23(20)29(42)33(27,2)3/h4-9,14,16-18,27,35H,10-13,15H2,1-3H3,(H,36,38,39). The SMILES string of the molecule is Cc1scnc1-c1cc2cnc(Nc3ccc(N4CCNCC4)c(F)c3)nc2n(C2Cc3ccccc3C(=O)C2(C)C)c1=O. The van der Waals surface area contributed by atoms with Crippen LogP contribution in [-0.2, 0) is 6.42 Å². The van der Waals surface area contributed by atoms with Crippen molar-refractivity contribution in [2.24, 2.45) is 5.41 Å². The van der Waals surface area contributed by atoms with Crippen LogP contribution < -0.4 is 21.1 Å². The van der Waals surface area contributed by atoms with Gasteiger partial charge in [-0.05, 0) is 43.2 Å². The Morgan fingerprint density at radius 3 is 2.59 bits per heavy atom. The minimum atomic E-state index is -0.900. The van der Waals surface area contributed by atoms with E-state index in [0.29, 0.717) is 45.6 Å². The van der Waals surface area contributed by atoms with Crippen LogP contribution in [0.25, 0.3) is 22.3 Å². The van der Waals surface area contributed by atoms with Crippen LogP contribution >= 0.6 is 11.3 Å². The number of fused-ring (bicyclic) bond motifs is 2. The van der Waals surface area contributed by atoms with Crippen LogP contribution in [0.4, 0.5) is 21.7 Å². The molecule has 0 spiro atoms. The highest BCUT2D eigenvalue weighted by atomic mass is 32.1. The summed E-state index contributed by atoms with van der Waals surface area (Å²) < 4.78 is 16.8. The number of Topliss-reactive ketones (excluding diaryl/α,β-unsaturated/α-hetero) is 1. The highest BCUT2D eigenvalue weighted by molar-refractivity contribution is 7.10. The summed E-state index contributed by atoms with van der Waals surface area (Å²) in [6.45, 7) is 8.80. The zero-order chi connectivity index (χ0) is 30.6. The normalized spacial score (nSPS) is 18.0. The lowest BCUT2D eigenvalue weighted by Gasteiger charge is -2.39. The van der Waals surface area contributed by atoms with Crippen LogP contribution in [0, 0.1) is 18.2 Å². The molecule has 44 heavy (non-hydrogen) atoms. The van der Waals surface area contributed by atoms with Gasteiger partial charge in [0.25, 0.3) is 5.56 Å². The van der Waals surface area contributed by atoms with Gasteiger partial charge in [0.2, 0.25) is 5.95 Å². The first kappa shape index (κ1) is 28.3. The van der Waals surface area contributed by atoms with Gasteiger partial charge < -0.3 is 15.5 Å². The number of halogens is 1. The molecule has 0 saturated carbocycles. The first-order chi connectivity index (χ1) is 21.2. The number of piperazine rings is 1. The number of anilines is 3. The smallest absolute Gasteiger partial charge is 0.262 e. The predicted molar refractivity (Wildman–Crippen MR) is 172 cm³/mol. The van der Waals surface area contributed by atoms with Crippen LogP contribution in [0.1, 0.15) is 40.7 Å². The fourth-order valence-corrected chi connectivity index (χ4v) is 6.97. The molecule has 1 atom stereocenters. The van der Waals surface area contributed by atoms with Crippen molar-refractivity contribution < 1.29 is 9.18 Å². The molecule has 1 aliphatic heterocycles. The van der Waals surface area contributed by atoms with Gasteiger partial charge in [-0.1, -0.05) is 38.1 Å². The topological polar surface area (TPSA) is 105 Å². The summed E-state index contributed by atoms with van der Waals surface area (Å²) in [7, 11) is 0. The third-order valence-electron chi connectivity index (χ3n) is 8.84. The Morgan fingerprint density at radius 1 is 1.05 bits per heavy atom. The summed E-state index contributed by atoms with van der Waals surface area (Å²) in [5.74, 6) is -0.135. The van der Waals surface area contributed by atoms with E-state index in [9.17, 15) is 9.59 Å². The van der Waals surface area contributed by atoms with E-state index in [0.717, 1.165) is 36.6 Å². The van der Waals surface area contributed by atoms with Crippen molar-refractivity contribution in [2.75, 3.05) is 36.4 Å². The third kappa shape index (κ3) is 4.76. The van der Waals surface area contributed by atoms with Gasteiger partial charge in [0, 0.05) is 59.3 Å². The molecule has 0 bridgehead atoms. The Balaban J connectivity index is 1.35. The van der Waals surface area contributed by atoms with Crippen molar-refractivity contribution in [1.29, 1.82) is 0 Å². The number of benzene rings is 2. The molecule has 5 aromatic rings. The molecule has 1 saturated heterocycles. The Hall–Kier alpha value is -4.48. The lowest BCUT2D eigenvalue weighted by atomic mass is 9.69. The summed E-state index contributed by atoms with van der Waals surface area (Å²) in [5, 5.41) is 7.05. The van der Waals surface area contributed by atoms with E-state index in [1.807, 2.05) is 49.9 Å². The number of ketones is 1. The van der Waals surface area contributed by atoms with Gasteiger partial charge in [0.1, 0.15) is 11.5 Å². The van der Waals surface area contributed by atoms with Gasteiger partial charge in [-0.2, -0.15) is 4.98 Å². The average molecular weight is 610 g/mol. The summed E-state index contributed by atoms with van der Waals surface area (Å²) >= 11 is 1.47. The summed E-state index contributed by atoms with van der Waals surface area (Å²) in [6.07, 6.45) is 2.14. The first-order valence-electron chi connectivity index (χ1n) is 14.7. The van der Waals surface area contributed by atoms with E-state index in [-0.39, 0.29) is 23.1 Å². The molecule has 11 heteroatoms. The summed E-state index contributed by atoms with van der Waals surface area (Å²) in [5.41, 5.74) is 4.62. The Bertz CT molecular complexity index is 1980. The van der Waals surface area contributed by atoms with Gasteiger partial charge in [0.05, 0.1) is 28.5 Å². The minimum Gasteiger partial charge on any atom is -0.367 e. The lowest BCUT2D eigenvalue weighted by molar-refractivity contribution is 0.0724. The fraction of sp³-hybridized carbons (Fsp3) is 0.303. The molecule has 1 unspecified atom stereocenters. The molecule has 9 nitrogen and oxygen atoms in total. The maximum Gasteiger partial charge on any atom is 0.262 e. The molecule has 224 valence electrons. The molecular formula is C33H32FN7O2S. The summed E-state index contributed by atoms with van der Waals surface area (Å²) in [6, 6.07) is 13.8. The number of hydrogen-bond acceptors (Lipinski definition) is 9.